The number of carboxylic acids is 1. The molecule has 48 heavy (non-hydrogen) atoms. The molecule has 2 heterocycles. The van der Waals surface area contributed by atoms with Gasteiger partial charge in [-0.15, -0.1) is 0 Å². The number of aryl methyl sites for hydroxylation is 1. The number of piperazine rings is 1. The van der Waals surface area contributed by atoms with Crippen LogP contribution < -0.4 is 14.8 Å². The van der Waals surface area contributed by atoms with Gasteiger partial charge in [-0.25, -0.2) is 4.79 Å². The summed E-state index contributed by atoms with van der Waals surface area (Å²) in [4.78, 5) is 35.9. The Morgan fingerprint density at radius 1 is 0.958 bits per heavy atom. The van der Waals surface area contributed by atoms with Gasteiger partial charge in [-0.05, 0) is 59.7 Å². The first-order chi connectivity index (χ1) is 22.9. The molecule has 2 atom stereocenters. The molecule has 3 aromatic rings. The summed E-state index contributed by atoms with van der Waals surface area (Å²) in [7, 11) is 1.60. The summed E-state index contributed by atoms with van der Waals surface area (Å²) < 4.78 is 48.8. The number of aliphatic carboxylic acids is 1. The number of hydrogen-bond donors (Lipinski definition) is 2. The van der Waals surface area contributed by atoms with Crippen LogP contribution in [0.5, 0.6) is 11.5 Å². The van der Waals surface area contributed by atoms with Crippen molar-refractivity contribution in [3.05, 3.63) is 101 Å². The van der Waals surface area contributed by atoms with Crippen LogP contribution in [0.15, 0.2) is 84.4 Å². The number of amides is 1. The van der Waals surface area contributed by atoms with Gasteiger partial charge in [0.05, 0.1) is 26.2 Å². The number of fused-ring (bicyclic) bond motifs is 2. The molecule has 0 spiro atoms. The van der Waals surface area contributed by atoms with Gasteiger partial charge < -0.3 is 29.5 Å². The molecule has 1 fully saturated rings. The summed E-state index contributed by atoms with van der Waals surface area (Å²) in [6.07, 6.45) is -2.32. The number of ether oxygens (including phenoxy) is 3. The highest BCUT2D eigenvalue weighted by Gasteiger charge is 2.38. The Labute approximate surface area is 277 Å². The van der Waals surface area contributed by atoms with Crippen molar-refractivity contribution in [1.82, 2.24) is 10.2 Å². The van der Waals surface area contributed by atoms with Crippen LogP contribution in [0.25, 0.3) is 5.57 Å². The van der Waals surface area contributed by atoms with Crippen molar-refractivity contribution in [1.29, 1.82) is 0 Å². The smallest absolute Gasteiger partial charge is 0.490 e. The topological polar surface area (TPSA) is 114 Å². The Hall–Kier alpha value is -4.84. The van der Waals surface area contributed by atoms with Crippen molar-refractivity contribution in [3.63, 3.8) is 0 Å². The third-order valence-electron chi connectivity index (χ3n) is 8.07. The summed E-state index contributed by atoms with van der Waals surface area (Å²) >= 11 is 0. The van der Waals surface area contributed by atoms with Crippen LogP contribution >= 0.6 is 0 Å². The molecule has 2 N–H and O–H groups in total. The molecule has 2 aliphatic heterocycles. The van der Waals surface area contributed by atoms with Gasteiger partial charge in [-0.1, -0.05) is 60.7 Å². The number of para-hydroxylation sites is 2. The van der Waals surface area contributed by atoms with E-state index in [-0.39, 0.29) is 37.0 Å². The average Bonchev–Trinajstić information content (AvgIpc) is 3.07. The summed E-state index contributed by atoms with van der Waals surface area (Å²) in [6.45, 7) is 3.70. The molecule has 3 aromatic carbocycles. The Morgan fingerprint density at radius 2 is 1.62 bits per heavy atom. The molecule has 0 saturated carbocycles. The lowest BCUT2D eigenvalue weighted by Gasteiger charge is -2.44. The fraction of sp³-hybridized carbons (Fsp3) is 0.361. The zero-order chi connectivity index (χ0) is 34.7. The molecule has 5 rings (SSSR count). The number of carbonyl (C=O) groups is 3. The Balaban J connectivity index is 0.000000671. The number of alkyl halides is 3. The van der Waals surface area contributed by atoms with E-state index in [4.69, 9.17) is 24.1 Å². The maximum Gasteiger partial charge on any atom is 0.490 e. The minimum Gasteiger partial charge on any atom is -0.496 e. The first-order valence-corrected chi connectivity index (χ1v) is 15.5. The second-order valence-corrected chi connectivity index (χ2v) is 11.5. The van der Waals surface area contributed by atoms with E-state index in [2.05, 4.69) is 29.6 Å². The number of hydrogen-bond acceptors (Lipinski definition) is 7. The predicted octanol–water partition coefficient (Wildman–Crippen LogP) is 5.47. The minimum atomic E-state index is -5.08. The monoisotopic (exact) mass is 668 g/mol. The summed E-state index contributed by atoms with van der Waals surface area (Å²) in [6, 6.07) is 26.2. The normalized spacial score (nSPS) is 17.1. The number of methoxy groups -OCH3 is 1. The van der Waals surface area contributed by atoms with Crippen LogP contribution in [-0.4, -0.2) is 79.5 Å². The number of esters is 1. The zero-order valence-electron chi connectivity index (χ0n) is 26.8. The third-order valence-corrected chi connectivity index (χ3v) is 8.07. The highest BCUT2D eigenvalue weighted by molar-refractivity contribution is 5.77. The zero-order valence-corrected chi connectivity index (χ0v) is 26.8. The quantitative estimate of drug-likeness (QED) is 0.204. The van der Waals surface area contributed by atoms with E-state index in [0.717, 1.165) is 41.7 Å². The fourth-order valence-electron chi connectivity index (χ4n) is 5.69. The predicted molar refractivity (Wildman–Crippen MR) is 173 cm³/mol. The van der Waals surface area contributed by atoms with Crippen molar-refractivity contribution >= 4 is 23.4 Å². The average molecular weight is 669 g/mol. The van der Waals surface area contributed by atoms with Gasteiger partial charge in [0.25, 0.3) is 0 Å². The van der Waals surface area contributed by atoms with Gasteiger partial charge in [0.1, 0.15) is 18.1 Å². The summed E-state index contributed by atoms with van der Waals surface area (Å²) in [5, 5.41) is 10.8. The van der Waals surface area contributed by atoms with Crippen LogP contribution in [0.3, 0.4) is 0 Å². The largest absolute Gasteiger partial charge is 0.496 e. The van der Waals surface area contributed by atoms with Crippen LogP contribution in [0.2, 0.25) is 0 Å². The van der Waals surface area contributed by atoms with Gasteiger partial charge >= 0.3 is 18.1 Å². The molecule has 9 nitrogen and oxygen atoms in total. The molecule has 2 bridgehead atoms. The number of rotatable bonds is 11. The fourth-order valence-corrected chi connectivity index (χ4v) is 5.69. The molecule has 0 unspecified atom stereocenters. The van der Waals surface area contributed by atoms with Crippen LogP contribution in [0.4, 0.5) is 13.2 Å². The van der Waals surface area contributed by atoms with Gasteiger partial charge in [0, 0.05) is 31.6 Å². The molecule has 12 heteroatoms. The van der Waals surface area contributed by atoms with E-state index < -0.39 is 12.1 Å². The van der Waals surface area contributed by atoms with E-state index >= 15 is 0 Å². The number of benzene rings is 3. The highest BCUT2D eigenvalue weighted by Crippen LogP contribution is 2.33. The number of carboxylic acid groups (broad SMARTS) is 1. The molecule has 0 radical (unpaired) electrons. The summed E-state index contributed by atoms with van der Waals surface area (Å²) in [5.41, 5.74) is 5.42. The minimum absolute atomic E-state index is 0.0599. The molecule has 0 aromatic heterocycles. The SMILES string of the molecule is COc1ccccc1CC(=O)OCC1=C(c2ccc(CCCOc3ccccc3)cc2)C[C@@H]2CN(C(C)=O)C[C@H]1N2.O=C(O)C(F)(F)F. The maximum atomic E-state index is 12.9. The van der Waals surface area contributed by atoms with Crippen LogP contribution in [0.1, 0.15) is 36.5 Å². The lowest BCUT2D eigenvalue weighted by molar-refractivity contribution is -0.192. The van der Waals surface area contributed by atoms with Crippen molar-refractivity contribution in [2.24, 2.45) is 0 Å². The molecule has 1 amide bonds. The Kier molecular flexibility index (Phi) is 12.6. The lowest BCUT2D eigenvalue weighted by Crippen LogP contribution is -2.60. The van der Waals surface area contributed by atoms with Crippen molar-refractivity contribution in [2.75, 3.05) is 33.4 Å². The number of nitrogens with one attached hydrogen (secondary N) is 1. The molecular formula is C36H39F3N2O7. The molecule has 1 saturated heterocycles. The van der Waals surface area contributed by atoms with Crippen molar-refractivity contribution < 1.29 is 46.9 Å². The number of nitrogens with zero attached hydrogens (tertiary/aromatic N) is 1. The number of carbonyl (C=O) groups excluding carboxylic acids is 2. The van der Waals surface area contributed by atoms with E-state index in [1.54, 1.807) is 14.0 Å². The number of halogens is 3. The second-order valence-electron chi connectivity index (χ2n) is 11.5. The van der Waals surface area contributed by atoms with Gasteiger partial charge in [0.2, 0.25) is 5.91 Å². The molecule has 256 valence electrons. The Bertz CT molecular complexity index is 1580. The first kappa shape index (κ1) is 36.0. The van der Waals surface area contributed by atoms with Crippen molar-refractivity contribution in [2.45, 2.75) is 50.9 Å². The van der Waals surface area contributed by atoms with Crippen LogP contribution in [-0.2, 0) is 32.0 Å². The van der Waals surface area contributed by atoms with Gasteiger partial charge in [-0.2, -0.15) is 13.2 Å². The van der Waals surface area contributed by atoms with E-state index in [0.29, 0.717) is 25.4 Å². The van der Waals surface area contributed by atoms with E-state index in [1.165, 1.54) is 11.1 Å². The summed E-state index contributed by atoms with van der Waals surface area (Å²) in [5.74, 6) is -1.44. The van der Waals surface area contributed by atoms with Gasteiger partial charge in [-0.3, -0.25) is 9.59 Å². The second kappa shape index (κ2) is 16.8. The van der Waals surface area contributed by atoms with Gasteiger partial charge in [0.15, 0.2) is 0 Å². The maximum absolute atomic E-state index is 12.9. The van der Waals surface area contributed by atoms with Crippen molar-refractivity contribution in [3.8, 4) is 11.5 Å². The Morgan fingerprint density at radius 3 is 2.27 bits per heavy atom. The third kappa shape index (κ3) is 10.3. The first-order valence-electron chi connectivity index (χ1n) is 15.5. The molecule has 0 aliphatic carbocycles. The standard InChI is InChI=1S/C34H38N2O5.C2HF3O2/c1-24(37)36-21-28-20-30(26-16-14-25(15-17-26)9-8-18-40-29-11-4-3-5-12-29)31(32(22-36)35-28)23-41-34(38)19-27-10-6-7-13-33(27)39-2;3-2(4,5)1(6)7/h3-7,10-17,28,32,35H,8-9,18-23H2,1-2H3;(H,6,7)/t28-,32-;/m1./s1. The lowest BCUT2D eigenvalue weighted by atomic mass is 9.83. The van der Waals surface area contributed by atoms with E-state index in [9.17, 15) is 22.8 Å². The van der Waals surface area contributed by atoms with E-state index in [1.807, 2.05) is 59.5 Å². The molecule has 2 aliphatic rings. The highest BCUT2D eigenvalue weighted by atomic mass is 19.4. The molecular weight excluding hydrogens is 629 g/mol. The van der Waals surface area contributed by atoms with Crippen LogP contribution in [0, 0.1) is 0 Å².